The maximum Gasteiger partial charge on any atom is 0.227 e. The maximum atomic E-state index is 12.8. The summed E-state index contributed by atoms with van der Waals surface area (Å²) in [6.45, 7) is 1.54. The summed E-state index contributed by atoms with van der Waals surface area (Å²) >= 11 is 0. The van der Waals surface area contributed by atoms with E-state index in [0.29, 0.717) is 6.42 Å². The number of piperidine rings is 1. The van der Waals surface area contributed by atoms with Crippen LogP contribution in [-0.4, -0.2) is 33.9 Å². The minimum Gasteiger partial charge on any atom is -0.342 e. The first-order valence-corrected chi connectivity index (χ1v) is 10.7. The van der Waals surface area contributed by atoms with E-state index in [1.807, 2.05) is 29.3 Å². The lowest BCUT2D eigenvalue weighted by atomic mass is 9.88. The molecule has 0 unspecified atom stereocenters. The maximum absolute atomic E-state index is 12.8. The lowest BCUT2D eigenvalue weighted by Crippen LogP contribution is -2.37. The number of hydrogen-bond donors (Lipinski definition) is 0. The van der Waals surface area contributed by atoms with Gasteiger partial charge < -0.3 is 4.90 Å². The monoisotopic (exact) mass is 395 g/mol. The van der Waals surface area contributed by atoms with Crippen LogP contribution >= 0.6 is 0 Å². The van der Waals surface area contributed by atoms with Crippen molar-refractivity contribution in [3.05, 3.63) is 101 Å². The van der Waals surface area contributed by atoms with Crippen LogP contribution < -0.4 is 0 Å². The van der Waals surface area contributed by atoms with Crippen molar-refractivity contribution in [2.75, 3.05) is 13.1 Å². The second kappa shape index (κ2) is 8.23. The zero-order valence-electron chi connectivity index (χ0n) is 17.1. The Morgan fingerprint density at radius 1 is 0.833 bits per heavy atom. The summed E-state index contributed by atoms with van der Waals surface area (Å²) in [5, 5.41) is 0. The highest BCUT2D eigenvalue weighted by Gasteiger charge is 2.26. The molecule has 0 bridgehead atoms. The molecule has 1 aliphatic carbocycles. The van der Waals surface area contributed by atoms with Crippen LogP contribution in [0.25, 0.3) is 5.57 Å². The molecule has 3 heterocycles. The summed E-state index contributed by atoms with van der Waals surface area (Å²) in [5.74, 6) is 0.199. The van der Waals surface area contributed by atoms with Gasteiger partial charge >= 0.3 is 0 Å². The SMILES string of the molecule is O=C(Cc1ccncc1)N1CCC(=C2c3ccccc3CCc3cccnc32)CC1. The van der Waals surface area contributed by atoms with Crippen molar-refractivity contribution < 1.29 is 4.79 Å². The van der Waals surface area contributed by atoms with E-state index < -0.39 is 0 Å². The molecule has 150 valence electrons. The summed E-state index contributed by atoms with van der Waals surface area (Å²) in [4.78, 5) is 23.6. The second-order valence-corrected chi connectivity index (χ2v) is 8.06. The molecule has 0 saturated carbocycles. The van der Waals surface area contributed by atoms with Crippen molar-refractivity contribution in [3.8, 4) is 0 Å². The molecule has 1 fully saturated rings. The molecule has 3 aromatic rings. The van der Waals surface area contributed by atoms with Crippen LogP contribution in [0.5, 0.6) is 0 Å². The predicted molar refractivity (Wildman–Crippen MR) is 118 cm³/mol. The first kappa shape index (κ1) is 18.7. The molecular formula is C26H25N3O. The molecule has 1 saturated heterocycles. The number of carbonyl (C=O) groups is 1. The summed E-state index contributed by atoms with van der Waals surface area (Å²) in [5.41, 5.74) is 8.93. The van der Waals surface area contributed by atoms with Crippen molar-refractivity contribution in [1.29, 1.82) is 0 Å². The third kappa shape index (κ3) is 3.65. The number of hydrogen-bond acceptors (Lipinski definition) is 3. The molecule has 4 heteroatoms. The fourth-order valence-corrected chi connectivity index (χ4v) is 4.67. The van der Waals surface area contributed by atoms with Gasteiger partial charge in [0.1, 0.15) is 0 Å². The predicted octanol–water partition coefficient (Wildman–Crippen LogP) is 4.24. The van der Waals surface area contributed by atoms with E-state index in [4.69, 9.17) is 4.98 Å². The number of carbonyl (C=O) groups excluding carboxylic acids is 1. The van der Waals surface area contributed by atoms with Crippen molar-refractivity contribution in [1.82, 2.24) is 14.9 Å². The summed E-state index contributed by atoms with van der Waals surface area (Å²) in [6, 6.07) is 16.8. The van der Waals surface area contributed by atoms with Crippen molar-refractivity contribution in [3.63, 3.8) is 0 Å². The van der Waals surface area contributed by atoms with Gasteiger partial charge in [0.2, 0.25) is 5.91 Å². The Morgan fingerprint density at radius 3 is 2.40 bits per heavy atom. The lowest BCUT2D eigenvalue weighted by Gasteiger charge is -2.30. The van der Waals surface area contributed by atoms with Crippen molar-refractivity contribution in [2.45, 2.75) is 32.1 Å². The number of fused-ring (bicyclic) bond motifs is 2. The van der Waals surface area contributed by atoms with Gasteiger partial charge in [-0.1, -0.05) is 35.9 Å². The number of rotatable bonds is 2. The minimum absolute atomic E-state index is 0.199. The van der Waals surface area contributed by atoms with E-state index in [0.717, 1.165) is 50.0 Å². The van der Waals surface area contributed by atoms with Crippen LogP contribution in [-0.2, 0) is 24.1 Å². The van der Waals surface area contributed by atoms with Crippen LogP contribution in [0.2, 0.25) is 0 Å². The summed E-state index contributed by atoms with van der Waals surface area (Å²) in [7, 11) is 0. The minimum atomic E-state index is 0.199. The van der Waals surface area contributed by atoms with Crippen LogP contribution in [0, 0.1) is 0 Å². The normalized spacial score (nSPS) is 15.9. The molecule has 2 aromatic heterocycles. The molecule has 4 nitrogen and oxygen atoms in total. The van der Waals surface area contributed by atoms with Gasteiger partial charge in [0.15, 0.2) is 0 Å². The Labute approximate surface area is 177 Å². The second-order valence-electron chi connectivity index (χ2n) is 8.06. The number of likely N-dealkylation sites (tertiary alicyclic amines) is 1. The molecule has 0 atom stereocenters. The molecule has 2 aliphatic rings. The van der Waals surface area contributed by atoms with Gasteiger partial charge in [-0.3, -0.25) is 14.8 Å². The lowest BCUT2D eigenvalue weighted by molar-refractivity contribution is -0.130. The van der Waals surface area contributed by atoms with Crippen molar-refractivity contribution >= 4 is 11.5 Å². The first-order valence-electron chi connectivity index (χ1n) is 10.7. The highest BCUT2D eigenvalue weighted by Crippen LogP contribution is 2.37. The summed E-state index contributed by atoms with van der Waals surface area (Å²) in [6.07, 6.45) is 9.71. The Balaban J connectivity index is 1.43. The highest BCUT2D eigenvalue weighted by atomic mass is 16.2. The Morgan fingerprint density at radius 2 is 1.57 bits per heavy atom. The molecule has 30 heavy (non-hydrogen) atoms. The zero-order valence-corrected chi connectivity index (χ0v) is 17.1. The Kier molecular flexibility index (Phi) is 5.14. The average molecular weight is 396 g/mol. The highest BCUT2D eigenvalue weighted by molar-refractivity contribution is 5.85. The van der Waals surface area contributed by atoms with E-state index in [9.17, 15) is 4.79 Å². The largest absolute Gasteiger partial charge is 0.342 e. The number of benzene rings is 1. The van der Waals surface area contributed by atoms with Crippen LogP contribution in [0.15, 0.2) is 72.7 Å². The smallest absolute Gasteiger partial charge is 0.227 e. The molecular weight excluding hydrogens is 370 g/mol. The first-order chi connectivity index (χ1) is 14.8. The number of aryl methyl sites for hydroxylation is 2. The van der Waals surface area contributed by atoms with E-state index >= 15 is 0 Å². The quantitative estimate of drug-likeness (QED) is 0.652. The van der Waals surface area contributed by atoms with E-state index in [1.54, 1.807) is 12.4 Å². The van der Waals surface area contributed by atoms with Crippen LogP contribution in [0.4, 0.5) is 0 Å². The molecule has 1 amide bonds. The van der Waals surface area contributed by atoms with Gasteiger partial charge in [0.25, 0.3) is 0 Å². The van der Waals surface area contributed by atoms with E-state index in [2.05, 4.69) is 35.3 Å². The average Bonchev–Trinajstić information content (AvgIpc) is 2.97. The van der Waals surface area contributed by atoms with Gasteiger partial charge in [0.05, 0.1) is 12.1 Å². The zero-order chi connectivity index (χ0) is 20.3. The van der Waals surface area contributed by atoms with Gasteiger partial charge in [-0.2, -0.15) is 0 Å². The van der Waals surface area contributed by atoms with Crippen LogP contribution in [0.3, 0.4) is 0 Å². The third-order valence-corrected chi connectivity index (χ3v) is 6.26. The van der Waals surface area contributed by atoms with Gasteiger partial charge in [-0.05, 0) is 66.1 Å². The van der Waals surface area contributed by atoms with E-state index in [1.165, 1.54) is 27.8 Å². The molecule has 1 aliphatic heterocycles. The number of pyridine rings is 2. The topological polar surface area (TPSA) is 46.1 Å². The van der Waals surface area contributed by atoms with Gasteiger partial charge in [-0.15, -0.1) is 0 Å². The van der Waals surface area contributed by atoms with Crippen LogP contribution in [0.1, 0.15) is 40.8 Å². The standard InChI is InChI=1S/C26H25N3O/c30-24(18-19-9-14-27-15-10-19)29-16-11-21(12-17-29)25-23-6-2-1-4-20(23)7-8-22-5-3-13-28-26(22)25/h1-6,9-10,13-15H,7-8,11-12,16-18H2. The fraction of sp³-hybridized carbons (Fsp3) is 0.269. The van der Waals surface area contributed by atoms with Crippen molar-refractivity contribution in [2.24, 2.45) is 0 Å². The number of amides is 1. The third-order valence-electron chi connectivity index (χ3n) is 6.26. The Bertz CT molecular complexity index is 1040. The molecule has 0 N–H and O–H groups in total. The van der Waals surface area contributed by atoms with Gasteiger partial charge in [0, 0.05) is 37.3 Å². The molecule has 1 aromatic carbocycles. The fourth-order valence-electron chi connectivity index (χ4n) is 4.67. The van der Waals surface area contributed by atoms with Gasteiger partial charge in [-0.25, -0.2) is 0 Å². The van der Waals surface area contributed by atoms with E-state index in [-0.39, 0.29) is 5.91 Å². The Hall–Kier alpha value is -3.27. The molecule has 0 spiro atoms. The molecule has 5 rings (SSSR count). The summed E-state index contributed by atoms with van der Waals surface area (Å²) < 4.78 is 0. The number of aromatic nitrogens is 2. The molecule has 0 radical (unpaired) electrons. The number of nitrogens with zero attached hydrogens (tertiary/aromatic N) is 3.